The fourth-order valence-corrected chi connectivity index (χ4v) is 3.07. The van der Waals surface area contributed by atoms with Gasteiger partial charge in [-0.1, -0.05) is 30.2 Å². The molecule has 1 aliphatic heterocycles. The maximum Gasteiger partial charge on any atom is 0.123 e. The summed E-state index contributed by atoms with van der Waals surface area (Å²) in [5.41, 5.74) is 2.52. The summed E-state index contributed by atoms with van der Waals surface area (Å²) in [5.74, 6) is -0.138. The van der Waals surface area contributed by atoms with Crippen LogP contribution in [0.5, 0.6) is 0 Å². The average molecular weight is 245 g/mol. The summed E-state index contributed by atoms with van der Waals surface area (Å²) in [4.78, 5) is 2.57. The monoisotopic (exact) mass is 245 g/mol. The van der Waals surface area contributed by atoms with Crippen LogP contribution in [0, 0.1) is 5.82 Å². The van der Waals surface area contributed by atoms with Gasteiger partial charge in [0.25, 0.3) is 0 Å². The van der Waals surface area contributed by atoms with E-state index in [0.29, 0.717) is 6.04 Å². The van der Waals surface area contributed by atoms with Crippen LogP contribution in [0.2, 0.25) is 0 Å². The molecule has 2 fully saturated rings. The van der Waals surface area contributed by atoms with Crippen molar-refractivity contribution in [3.05, 3.63) is 41.2 Å². The second-order valence-corrected chi connectivity index (χ2v) is 5.43. The van der Waals surface area contributed by atoms with E-state index >= 15 is 0 Å². The van der Waals surface area contributed by atoms with E-state index in [9.17, 15) is 4.39 Å². The Balaban J connectivity index is 1.82. The first-order valence-electron chi connectivity index (χ1n) is 7.03. The van der Waals surface area contributed by atoms with Gasteiger partial charge in [0.1, 0.15) is 5.82 Å². The molecule has 1 saturated carbocycles. The van der Waals surface area contributed by atoms with E-state index in [4.69, 9.17) is 0 Å². The van der Waals surface area contributed by atoms with E-state index in [-0.39, 0.29) is 5.82 Å². The van der Waals surface area contributed by atoms with Gasteiger partial charge in [0.15, 0.2) is 0 Å². The van der Waals surface area contributed by atoms with Gasteiger partial charge in [0.05, 0.1) is 0 Å². The minimum atomic E-state index is -0.138. The predicted octanol–water partition coefficient (Wildman–Crippen LogP) is 3.86. The Bertz CT molecular complexity index is 448. The molecule has 1 atom stereocenters. The summed E-state index contributed by atoms with van der Waals surface area (Å²) in [6, 6.07) is 7.56. The number of halogens is 1. The Morgan fingerprint density at radius 1 is 1.17 bits per heavy atom. The van der Waals surface area contributed by atoms with Gasteiger partial charge in [0, 0.05) is 6.04 Å². The molecule has 0 bridgehead atoms. The minimum Gasteiger partial charge on any atom is -0.297 e. The molecule has 1 unspecified atom stereocenters. The molecular weight excluding hydrogens is 225 g/mol. The number of hydrogen-bond acceptors (Lipinski definition) is 1. The van der Waals surface area contributed by atoms with Gasteiger partial charge in [-0.3, -0.25) is 4.90 Å². The average Bonchev–Trinajstić information content (AvgIpc) is 2.29. The lowest BCUT2D eigenvalue weighted by Gasteiger charge is -2.42. The zero-order chi connectivity index (χ0) is 12.4. The number of hydrogen-bond donors (Lipinski definition) is 0. The third-order valence-electron chi connectivity index (χ3n) is 4.15. The van der Waals surface area contributed by atoms with Crippen molar-refractivity contribution in [1.29, 1.82) is 0 Å². The fraction of sp³-hybridized carbons (Fsp3) is 0.500. The first-order chi connectivity index (χ1) is 8.83. The van der Waals surface area contributed by atoms with Crippen molar-refractivity contribution in [3.63, 3.8) is 0 Å². The third-order valence-corrected chi connectivity index (χ3v) is 4.15. The highest BCUT2D eigenvalue weighted by atomic mass is 19.1. The second kappa shape index (κ2) is 5.23. The van der Waals surface area contributed by atoms with Crippen LogP contribution in [0.3, 0.4) is 0 Å². The molecule has 2 heteroatoms. The third kappa shape index (κ3) is 2.49. The maximum atomic E-state index is 13.2. The summed E-state index contributed by atoms with van der Waals surface area (Å²) in [6.07, 6.45) is 8.63. The zero-order valence-corrected chi connectivity index (χ0v) is 10.7. The van der Waals surface area contributed by atoms with Crippen molar-refractivity contribution in [1.82, 2.24) is 4.90 Å². The van der Waals surface area contributed by atoms with Crippen LogP contribution in [0.4, 0.5) is 4.39 Å². The van der Waals surface area contributed by atoms with Gasteiger partial charge in [0.2, 0.25) is 0 Å². The molecule has 1 aromatic carbocycles. The van der Waals surface area contributed by atoms with Gasteiger partial charge in [-0.2, -0.15) is 0 Å². The summed E-state index contributed by atoms with van der Waals surface area (Å²) in [5, 5.41) is 0. The Morgan fingerprint density at radius 3 is 2.78 bits per heavy atom. The topological polar surface area (TPSA) is 3.24 Å². The van der Waals surface area contributed by atoms with E-state index in [1.165, 1.54) is 56.8 Å². The van der Waals surface area contributed by atoms with Crippen molar-refractivity contribution in [2.45, 2.75) is 38.1 Å². The number of rotatable bonds is 2. The van der Waals surface area contributed by atoms with E-state index in [1.54, 1.807) is 12.1 Å². The van der Waals surface area contributed by atoms with Crippen LogP contribution < -0.4 is 0 Å². The molecule has 0 spiro atoms. The molecular formula is C16H20FN. The highest BCUT2D eigenvalue weighted by Gasteiger charge is 2.28. The molecule has 1 aliphatic carbocycles. The quantitative estimate of drug-likeness (QED) is 0.764. The standard InChI is InChI=1S/C16H20FN/c17-15-7-3-5-13(12-15)11-14-6-1-2-8-16(14)18-9-4-10-18/h3,5,7,11-12,16H,1-2,4,6,8-10H2/b14-11-. The molecule has 0 radical (unpaired) electrons. The summed E-state index contributed by atoms with van der Waals surface area (Å²) in [6.45, 7) is 2.48. The molecule has 0 amide bonds. The Hall–Kier alpha value is -1.15. The lowest BCUT2D eigenvalue weighted by Crippen LogP contribution is -2.46. The maximum absolute atomic E-state index is 13.2. The lowest BCUT2D eigenvalue weighted by molar-refractivity contribution is 0.121. The normalized spacial score (nSPS) is 27.2. The highest BCUT2D eigenvalue weighted by Crippen LogP contribution is 2.31. The zero-order valence-electron chi connectivity index (χ0n) is 10.7. The number of nitrogens with zero attached hydrogens (tertiary/aromatic N) is 1. The van der Waals surface area contributed by atoms with Crippen molar-refractivity contribution < 1.29 is 4.39 Å². The smallest absolute Gasteiger partial charge is 0.123 e. The minimum absolute atomic E-state index is 0.138. The van der Waals surface area contributed by atoms with Gasteiger partial charge >= 0.3 is 0 Å². The summed E-state index contributed by atoms with van der Waals surface area (Å²) in [7, 11) is 0. The molecule has 2 aliphatic rings. The molecule has 3 rings (SSSR count). The van der Waals surface area contributed by atoms with Crippen molar-refractivity contribution in [3.8, 4) is 0 Å². The van der Waals surface area contributed by atoms with Crippen LogP contribution in [-0.2, 0) is 0 Å². The molecule has 96 valence electrons. The Morgan fingerprint density at radius 2 is 2.06 bits per heavy atom. The van der Waals surface area contributed by atoms with Crippen LogP contribution >= 0.6 is 0 Å². The van der Waals surface area contributed by atoms with Gasteiger partial charge in [-0.15, -0.1) is 0 Å². The van der Waals surface area contributed by atoms with Gasteiger partial charge in [-0.25, -0.2) is 4.39 Å². The second-order valence-electron chi connectivity index (χ2n) is 5.43. The van der Waals surface area contributed by atoms with Crippen molar-refractivity contribution in [2.75, 3.05) is 13.1 Å². The van der Waals surface area contributed by atoms with E-state index in [2.05, 4.69) is 11.0 Å². The van der Waals surface area contributed by atoms with Crippen LogP contribution in [0.15, 0.2) is 29.8 Å². The fourth-order valence-electron chi connectivity index (χ4n) is 3.07. The molecule has 0 N–H and O–H groups in total. The molecule has 1 aromatic rings. The largest absolute Gasteiger partial charge is 0.297 e. The van der Waals surface area contributed by atoms with Crippen LogP contribution in [0.1, 0.15) is 37.7 Å². The molecule has 1 saturated heterocycles. The predicted molar refractivity (Wildman–Crippen MR) is 72.8 cm³/mol. The van der Waals surface area contributed by atoms with E-state index < -0.39 is 0 Å². The first kappa shape index (κ1) is 11.9. The molecule has 0 aromatic heterocycles. The molecule has 1 heterocycles. The molecule has 1 nitrogen and oxygen atoms in total. The number of likely N-dealkylation sites (tertiary alicyclic amines) is 1. The van der Waals surface area contributed by atoms with Gasteiger partial charge in [-0.05, 0) is 56.5 Å². The van der Waals surface area contributed by atoms with Crippen molar-refractivity contribution in [2.24, 2.45) is 0 Å². The van der Waals surface area contributed by atoms with E-state index in [1.807, 2.05) is 6.07 Å². The lowest BCUT2D eigenvalue weighted by atomic mass is 9.86. The highest BCUT2D eigenvalue weighted by molar-refractivity contribution is 5.54. The van der Waals surface area contributed by atoms with E-state index in [0.717, 1.165) is 5.56 Å². The number of benzene rings is 1. The summed E-state index contributed by atoms with van der Waals surface area (Å²) >= 11 is 0. The summed E-state index contributed by atoms with van der Waals surface area (Å²) < 4.78 is 13.2. The first-order valence-corrected chi connectivity index (χ1v) is 7.03. The van der Waals surface area contributed by atoms with Crippen LogP contribution in [-0.4, -0.2) is 24.0 Å². The van der Waals surface area contributed by atoms with Crippen molar-refractivity contribution >= 4 is 6.08 Å². The van der Waals surface area contributed by atoms with Crippen LogP contribution in [0.25, 0.3) is 6.08 Å². The Kier molecular flexibility index (Phi) is 3.46. The van der Waals surface area contributed by atoms with Gasteiger partial charge < -0.3 is 0 Å². The molecule has 18 heavy (non-hydrogen) atoms. The Labute approximate surface area is 108 Å². The SMILES string of the molecule is Fc1cccc(/C=C2/CCCCC2N2CCC2)c1.